The molecule has 1 aromatic heterocycles. The third kappa shape index (κ3) is 2.31. The van der Waals surface area contributed by atoms with Gasteiger partial charge in [-0.3, -0.25) is 0 Å². The highest BCUT2D eigenvalue weighted by molar-refractivity contribution is 5.53. The number of likely N-dealkylation sites (tertiary alicyclic amines) is 1. The van der Waals surface area contributed by atoms with E-state index in [1.807, 2.05) is 18.2 Å². The summed E-state index contributed by atoms with van der Waals surface area (Å²) >= 11 is 0. The van der Waals surface area contributed by atoms with Gasteiger partial charge in [-0.2, -0.15) is 5.26 Å². The van der Waals surface area contributed by atoms with E-state index in [1.54, 1.807) is 11.1 Å². The van der Waals surface area contributed by atoms with E-state index in [0.29, 0.717) is 5.82 Å². The van der Waals surface area contributed by atoms with Crippen molar-refractivity contribution in [3.05, 3.63) is 30.0 Å². The Morgan fingerprint density at radius 3 is 3.25 bits per heavy atom. The van der Waals surface area contributed by atoms with Gasteiger partial charge in [-0.1, -0.05) is 12.2 Å². The predicted molar refractivity (Wildman–Crippen MR) is 63.0 cm³/mol. The van der Waals surface area contributed by atoms with E-state index in [4.69, 9.17) is 11.0 Å². The van der Waals surface area contributed by atoms with Crippen LogP contribution in [0.4, 0.5) is 5.82 Å². The molecule has 0 amide bonds. The van der Waals surface area contributed by atoms with Crippen LogP contribution in [0, 0.1) is 11.5 Å². The van der Waals surface area contributed by atoms with Gasteiger partial charge in [0.25, 0.3) is 0 Å². The Balaban J connectivity index is 2.07. The maximum atomic E-state index is 8.89. The Labute approximate surface area is 95.0 Å². The van der Waals surface area contributed by atoms with E-state index < -0.39 is 0 Å². The van der Waals surface area contributed by atoms with Crippen LogP contribution in [0.2, 0.25) is 0 Å². The molecule has 0 aliphatic carbocycles. The van der Waals surface area contributed by atoms with Gasteiger partial charge in [0.05, 0.1) is 6.04 Å². The molecule has 1 aliphatic heterocycles. The first-order valence-corrected chi connectivity index (χ1v) is 5.36. The summed E-state index contributed by atoms with van der Waals surface area (Å²) in [6.45, 7) is 0.865. The van der Waals surface area contributed by atoms with Gasteiger partial charge in [0.2, 0.25) is 0 Å². The molecule has 0 radical (unpaired) electrons. The van der Waals surface area contributed by atoms with Gasteiger partial charge in [-0.15, -0.1) is 0 Å². The van der Waals surface area contributed by atoms with Crippen LogP contribution < -0.4 is 5.73 Å². The van der Waals surface area contributed by atoms with Gasteiger partial charge in [-0.05, 0) is 30.5 Å². The molecule has 16 heavy (non-hydrogen) atoms. The minimum atomic E-state index is 0.236. The zero-order valence-corrected chi connectivity index (χ0v) is 9.00. The number of nitrogens with zero attached hydrogens (tertiary/aromatic N) is 3. The minimum Gasteiger partial charge on any atom is -0.384 e. The Hall–Kier alpha value is -2.02. The van der Waals surface area contributed by atoms with Crippen molar-refractivity contribution in [1.82, 2.24) is 9.88 Å². The summed E-state index contributed by atoms with van der Waals surface area (Å²) in [5.41, 5.74) is 6.61. The van der Waals surface area contributed by atoms with Crippen LogP contribution in [0.25, 0.3) is 6.08 Å². The van der Waals surface area contributed by atoms with Crippen molar-refractivity contribution in [3.63, 3.8) is 0 Å². The fraction of sp³-hybridized carbons (Fsp3) is 0.333. The predicted octanol–water partition coefficient (Wildman–Crippen LogP) is 1.62. The molecule has 1 atom stereocenters. The van der Waals surface area contributed by atoms with Crippen LogP contribution in [0.3, 0.4) is 0 Å². The number of nitrogens with two attached hydrogens (primary N) is 1. The van der Waals surface area contributed by atoms with Crippen molar-refractivity contribution in [2.75, 3.05) is 12.3 Å². The minimum absolute atomic E-state index is 0.236. The Bertz CT molecular complexity index is 433. The van der Waals surface area contributed by atoms with E-state index in [-0.39, 0.29) is 6.04 Å². The number of rotatable bonds is 2. The fourth-order valence-electron chi connectivity index (χ4n) is 1.91. The fourth-order valence-corrected chi connectivity index (χ4v) is 1.91. The maximum Gasteiger partial charge on any atom is 0.179 e. The number of aromatic nitrogens is 1. The second-order valence-corrected chi connectivity index (χ2v) is 3.88. The number of anilines is 1. The van der Waals surface area contributed by atoms with Gasteiger partial charge in [-0.25, -0.2) is 4.98 Å². The van der Waals surface area contributed by atoms with E-state index in [0.717, 1.165) is 24.9 Å². The second kappa shape index (κ2) is 4.67. The third-order valence-corrected chi connectivity index (χ3v) is 2.74. The van der Waals surface area contributed by atoms with Gasteiger partial charge >= 0.3 is 0 Å². The lowest BCUT2D eigenvalue weighted by molar-refractivity contribution is 0.420. The van der Waals surface area contributed by atoms with Crippen LogP contribution >= 0.6 is 0 Å². The summed E-state index contributed by atoms with van der Waals surface area (Å²) in [6, 6.07) is 3.96. The van der Waals surface area contributed by atoms with Crippen LogP contribution in [0.5, 0.6) is 0 Å². The van der Waals surface area contributed by atoms with Gasteiger partial charge in [0.15, 0.2) is 6.19 Å². The highest BCUT2D eigenvalue weighted by Gasteiger charge is 2.20. The molecule has 1 aliphatic rings. The zero-order chi connectivity index (χ0) is 11.4. The molecule has 82 valence electrons. The molecule has 1 saturated heterocycles. The van der Waals surface area contributed by atoms with Crippen molar-refractivity contribution >= 4 is 11.9 Å². The first-order valence-electron chi connectivity index (χ1n) is 5.36. The molecule has 0 saturated carbocycles. The number of hydrogen-bond acceptors (Lipinski definition) is 4. The summed E-state index contributed by atoms with van der Waals surface area (Å²) in [5.74, 6) is 0.519. The van der Waals surface area contributed by atoms with Gasteiger partial charge in [0.1, 0.15) is 5.82 Å². The first kappa shape index (κ1) is 10.5. The topological polar surface area (TPSA) is 65.9 Å². The SMILES string of the molecule is N#CN1CCCC1/C=C/c1ccnc(N)c1. The molecule has 1 aromatic rings. The number of pyridine rings is 1. The molecule has 2 rings (SSSR count). The zero-order valence-electron chi connectivity index (χ0n) is 9.00. The van der Waals surface area contributed by atoms with E-state index >= 15 is 0 Å². The lowest BCUT2D eigenvalue weighted by atomic mass is 10.1. The summed E-state index contributed by atoms with van der Waals surface area (Å²) in [6.07, 6.45) is 10.1. The summed E-state index contributed by atoms with van der Waals surface area (Å²) in [7, 11) is 0. The van der Waals surface area contributed by atoms with Gasteiger partial charge in [0, 0.05) is 12.7 Å². The van der Waals surface area contributed by atoms with Crippen molar-refractivity contribution < 1.29 is 0 Å². The highest BCUT2D eigenvalue weighted by Crippen LogP contribution is 2.18. The van der Waals surface area contributed by atoms with E-state index in [1.165, 1.54) is 0 Å². The van der Waals surface area contributed by atoms with Crippen molar-refractivity contribution in [2.45, 2.75) is 18.9 Å². The monoisotopic (exact) mass is 214 g/mol. The van der Waals surface area contributed by atoms with Crippen molar-refractivity contribution in [2.24, 2.45) is 0 Å². The maximum absolute atomic E-state index is 8.89. The van der Waals surface area contributed by atoms with Crippen molar-refractivity contribution in [1.29, 1.82) is 5.26 Å². The largest absolute Gasteiger partial charge is 0.384 e. The molecular weight excluding hydrogens is 200 g/mol. The summed E-state index contributed by atoms with van der Waals surface area (Å²) in [4.78, 5) is 5.74. The molecule has 2 heterocycles. The molecule has 2 N–H and O–H groups in total. The number of hydrogen-bond donors (Lipinski definition) is 1. The lowest BCUT2D eigenvalue weighted by Crippen LogP contribution is -2.21. The Kier molecular flexibility index (Phi) is 3.06. The number of nitriles is 1. The first-order chi connectivity index (χ1) is 7.79. The third-order valence-electron chi connectivity index (χ3n) is 2.74. The smallest absolute Gasteiger partial charge is 0.179 e. The molecule has 4 nitrogen and oxygen atoms in total. The average Bonchev–Trinajstić information content (AvgIpc) is 2.74. The van der Waals surface area contributed by atoms with Crippen LogP contribution in [-0.2, 0) is 0 Å². The van der Waals surface area contributed by atoms with E-state index in [2.05, 4.69) is 17.3 Å². The molecule has 1 fully saturated rings. The Morgan fingerprint density at radius 1 is 1.62 bits per heavy atom. The highest BCUT2D eigenvalue weighted by atomic mass is 15.2. The number of nitrogen functional groups attached to an aromatic ring is 1. The molecule has 0 spiro atoms. The van der Waals surface area contributed by atoms with Gasteiger partial charge < -0.3 is 10.6 Å². The molecular formula is C12H14N4. The Morgan fingerprint density at radius 2 is 2.50 bits per heavy atom. The summed E-state index contributed by atoms with van der Waals surface area (Å²) < 4.78 is 0. The summed E-state index contributed by atoms with van der Waals surface area (Å²) in [5, 5.41) is 8.89. The quantitative estimate of drug-likeness (QED) is 0.760. The molecule has 0 aromatic carbocycles. The molecule has 0 bridgehead atoms. The molecule has 1 unspecified atom stereocenters. The van der Waals surface area contributed by atoms with Crippen LogP contribution in [0.15, 0.2) is 24.4 Å². The standard InChI is InChI=1S/C12H14N4/c13-9-16-7-1-2-11(16)4-3-10-5-6-15-12(14)8-10/h3-6,8,11H,1-2,7H2,(H2,14,15)/b4-3+. The van der Waals surface area contributed by atoms with Crippen molar-refractivity contribution in [3.8, 4) is 6.19 Å². The van der Waals surface area contributed by atoms with Crippen LogP contribution in [-0.4, -0.2) is 22.5 Å². The lowest BCUT2D eigenvalue weighted by Gasteiger charge is -2.13. The van der Waals surface area contributed by atoms with Crippen LogP contribution in [0.1, 0.15) is 18.4 Å². The average molecular weight is 214 g/mol. The molecule has 4 heteroatoms. The van der Waals surface area contributed by atoms with E-state index in [9.17, 15) is 0 Å². The normalized spacial score (nSPS) is 20.2. The second-order valence-electron chi connectivity index (χ2n) is 3.88.